The highest BCUT2D eigenvalue weighted by atomic mass is 16.3. The Balaban J connectivity index is 2.90. The molecule has 0 bridgehead atoms. The van der Waals surface area contributed by atoms with Crippen molar-refractivity contribution in [2.45, 2.75) is 32.1 Å². The van der Waals surface area contributed by atoms with E-state index in [0.717, 1.165) is 25.7 Å². The van der Waals surface area contributed by atoms with E-state index in [1.807, 2.05) is 6.08 Å². The molecule has 0 saturated carbocycles. The van der Waals surface area contributed by atoms with Gasteiger partial charge in [0.25, 0.3) is 0 Å². The molecule has 58 valence electrons. The Labute approximate surface area is 63.1 Å². The van der Waals surface area contributed by atoms with Gasteiger partial charge in [0.2, 0.25) is 0 Å². The minimum atomic E-state index is 0.304. The van der Waals surface area contributed by atoms with Gasteiger partial charge in [-0.15, -0.1) is 6.58 Å². The number of aliphatic hydroxyl groups excluding tert-OH is 1. The summed E-state index contributed by atoms with van der Waals surface area (Å²) in [6.07, 6.45) is 7.13. The molecule has 0 rings (SSSR count). The van der Waals surface area contributed by atoms with Crippen LogP contribution in [0.2, 0.25) is 0 Å². The third kappa shape index (κ3) is 7.28. The summed E-state index contributed by atoms with van der Waals surface area (Å²) in [6, 6.07) is 0. The van der Waals surface area contributed by atoms with E-state index >= 15 is 0 Å². The number of rotatable bonds is 6. The lowest BCUT2D eigenvalue weighted by Gasteiger charge is -1.96. The summed E-state index contributed by atoms with van der Waals surface area (Å²) in [7, 11) is 0. The molecule has 0 aromatic carbocycles. The Hall–Kier alpha value is -0.720. The molecule has 0 amide bonds. The van der Waals surface area contributed by atoms with E-state index in [4.69, 9.17) is 5.11 Å². The van der Waals surface area contributed by atoms with Crippen LogP contribution in [0, 0.1) is 0 Å². The van der Waals surface area contributed by atoms with Gasteiger partial charge in [-0.3, -0.25) is 0 Å². The molecule has 1 nitrogen and oxygen atoms in total. The Kier molecular flexibility index (Phi) is 5.94. The van der Waals surface area contributed by atoms with Gasteiger partial charge < -0.3 is 5.11 Å². The lowest BCUT2D eigenvalue weighted by Crippen LogP contribution is -1.79. The second-order valence-electron chi connectivity index (χ2n) is 2.45. The second kappa shape index (κ2) is 6.40. The van der Waals surface area contributed by atoms with E-state index < -0.39 is 0 Å². The highest BCUT2D eigenvalue weighted by Gasteiger charge is 1.89. The largest absolute Gasteiger partial charge is 0.513 e. The molecule has 10 heavy (non-hydrogen) atoms. The minimum absolute atomic E-state index is 0.304. The van der Waals surface area contributed by atoms with Crippen molar-refractivity contribution in [3.05, 3.63) is 25.0 Å². The number of allylic oxidation sites excluding steroid dienone is 2. The summed E-state index contributed by atoms with van der Waals surface area (Å²) in [6.45, 7) is 7.03. The van der Waals surface area contributed by atoms with Gasteiger partial charge in [-0.1, -0.05) is 19.1 Å². The van der Waals surface area contributed by atoms with Crippen LogP contribution in [0.1, 0.15) is 32.1 Å². The molecular formula is C9H16O. The maximum absolute atomic E-state index is 8.69. The summed E-state index contributed by atoms with van der Waals surface area (Å²) in [4.78, 5) is 0. The Morgan fingerprint density at radius 2 is 2.00 bits per heavy atom. The standard InChI is InChI=1S/C9H16O/c1-3-4-5-6-7-8-9(2)10/h3,10H,1-2,4-8H2. The van der Waals surface area contributed by atoms with Crippen LogP contribution in [0.5, 0.6) is 0 Å². The first-order chi connectivity index (χ1) is 4.77. The minimum Gasteiger partial charge on any atom is -0.513 e. The molecule has 0 spiro atoms. The summed E-state index contributed by atoms with van der Waals surface area (Å²) in [5.41, 5.74) is 0. The first-order valence-electron chi connectivity index (χ1n) is 3.75. The van der Waals surface area contributed by atoms with Crippen molar-refractivity contribution >= 4 is 0 Å². The van der Waals surface area contributed by atoms with Crippen molar-refractivity contribution in [1.82, 2.24) is 0 Å². The van der Waals surface area contributed by atoms with Gasteiger partial charge in [0.05, 0.1) is 5.76 Å². The molecule has 0 heterocycles. The van der Waals surface area contributed by atoms with Gasteiger partial charge in [-0.2, -0.15) is 0 Å². The van der Waals surface area contributed by atoms with Crippen LogP contribution >= 0.6 is 0 Å². The van der Waals surface area contributed by atoms with Crippen molar-refractivity contribution < 1.29 is 5.11 Å². The van der Waals surface area contributed by atoms with E-state index in [1.54, 1.807) is 0 Å². The third-order valence-electron chi connectivity index (χ3n) is 1.37. The fourth-order valence-electron chi connectivity index (χ4n) is 0.795. The average molecular weight is 140 g/mol. The van der Waals surface area contributed by atoms with Gasteiger partial charge in [-0.25, -0.2) is 0 Å². The first-order valence-corrected chi connectivity index (χ1v) is 3.75. The smallest absolute Gasteiger partial charge is 0.0851 e. The Morgan fingerprint density at radius 3 is 2.50 bits per heavy atom. The van der Waals surface area contributed by atoms with E-state index in [9.17, 15) is 0 Å². The monoisotopic (exact) mass is 140 g/mol. The zero-order valence-electron chi connectivity index (χ0n) is 6.47. The molecule has 1 heteroatoms. The van der Waals surface area contributed by atoms with E-state index in [-0.39, 0.29) is 0 Å². The molecule has 0 unspecified atom stereocenters. The Morgan fingerprint density at radius 1 is 1.30 bits per heavy atom. The molecular weight excluding hydrogens is 124 g/mol. The van der Waals surface area contributed by atoms with Crippen LogP contribution in [0.4, 0.5) is 0 Å². The lowest BCUT2D eigenvalue weighted by atomic mass is 10.1. The van der Waals surface area contributed by atoms with Gasteiger partial charge >= 0.3 is 0 Å². The maximum atomic E-state index is 8.69. The number of hydrogen-bond donors (Lipinski definition) is 1. The zero-order chi connectivity index (χ0) is 7.82. The predicted octanol–water partition coefficient (Wildman–Crippen LogP) is 3.19. The van der Waals surface area contributed by atoms with Crippen molar-refractivity contribution in [2.75, 3.05) is 0 Å². The van der Waals surface area contributed by atoms with Crippen LogP contribution < -0.4 is 0 Å². The fourth-order valence-corrected chi connectivity index (χ4v) is 0.795. The maximum Gasteiger partial charge on any atom is 0.0851 e. The summed E-state index contributed by atoms with van der Waals surface area (Å²) in [5.74, 6) is 0.304. The molecule has 0 aliphatic carbocycles. The van der Waals surface area contributed by atoms with Crippen molar-refractivity contribution in [3.63, 3.8) is 0 Å². The molecule has 0 aromatic rings. The molecule has 0 aromatic heterocycles. The quantitative estimate of drug-likeness (QED) is 0.341. The van der Waals surface area contributed by atoms with Crippen molar-refractivity contribution in [2.24, 2.45) is 0 Å². The zero-order valence-corrected chi connectivity index (χ0v) is 6.47. The van der Waals surface area contributed by atoms with E-state index in [1.165, 1.54) is 6.42 Å². The van der Waals surface area contributed by atoms with E-state index in [2.05, 4.69) is 13.2 Å². The Bertz CT molecular complexity index is 105. The molecule has 1 N–H and O–H groups in total. The van der Waals surface area contributed by atoms with Crippen LogP contribution in [0.3, 0.4) is 0 Å². The second-order valence-corrected chi connectivity index (χ2v) is 2.45. The van der Waals surface area contributed by atoms with Crippen LogP contribution in [0.15, 0.2) is 25.0 Å². The summed E-state index contributed by atoms with van der Waals surface area (Å²) in [5, 5.41) is 8.69. The number of hydrogen-bond acceptors (Lipinski definition) is 1. The first kappa shape index (κ1) is 9.28. The van der Waals surface area contributed by atoms with Crippen molar-refractivity contribution in [3.8, 4) is 0 Å². The van der Waals surface area contributed by atoms with E-state index in [0.29, 0.717) is 5.76 Å². The topological polar surface area (TPSA) is 20.2 Å². The lowest BCUT2D eigenvalue weighted by molar-refractivity contribution is 0.384. The van der Waals surface area contributed by atoms with Gasteiger partial charge in [-0.05, 0) is 19.3 Å². The molecule has 0 aliphatic rings. The molecule has 0 atom stereocenters. The van der Waals surface area contributed by atoms with Crippen LogP contribution in [-0.4, -0.2) is 5.11 Å². The third-order valence-corrected chi connectivity index (χ3v) is 1.37. The molecule has 0 aliphatic heterocycles. The number of unbranched alkanes of at least 4 members (excludes halogenated alkanes) is 3. The highest BCUT2D eigenvalue weighted by molar-refractivity contribution is 4.77. The fraction of sp³-hybridized carbons (Fsp3) is 0.556. The van der Waals surface area contributed by atoms with Crippen molar-refractivity contribution in [1.29, 1.82) is 0 Å². The molecule has 0 saturated heterocycles. The van der Waals surface area contributed by atoms with Gasteiger partial charge in [0.15, 0.2) is 0 Å². The SMILES string of the molecule is C=CCCCCCC(=C)O. The normalized spacial score (nSPS) is 9.20. The van der Waals surface area contributed by atoms with Gasteiger partial charge in [0.1, 0.15) is 0 Å². The van der Waals surface area contributed by atoms with Gasteiger partial charge in [0, 0.05) is 6.42 Å². The predicted molar refractivity (Wildman–Crippen MR) is 45.1 cm³/mol. The average Bonchev–Trinajstić information content (AvgIpc) is 1.87. The number of aliphatic hydroxyl groups is 1. The molecule has 0 radical (unpaired) electrons. The molecule has 0 fully saturated rings. The summed E-state index contributed by atoms with van der Waals surface area (Å²) < 4.78 is 0. The summed E-state index contributed by atoms with van der Waals surface area (Å²) >= 11 is 0. The van der Waals surface area contributed by atoms with Crippen LogP contribution in [0.25, 0.3) is 0 Å². The van der Waals surface area contributed by atoms with Crippen LogP contribution in [-0.2, 0) is 0 Å². The highest BCUT2D eigenvalue weighted by Crippen LogP contribution is 2.06.